The molecule has 0 bridgehead atoms. The molecule has 0 saturated heterocycles. The molecule has 0 aliphatic rings. The van der Waals surface area contributed by atoms with Crippen LogP contribution in [0.2, 0.25) is 10.0 Å². The molecular weight excluding hydrogens is 291 g/mol. The molecule has 98 valence electrons. The van der Waals surface area contributed by atoms with Gasteiger partial charge in [0.15, 0.2) is 6.29 Å². The van der Waals surface area contributed by atoms with Crippen LogP contribution in [0, 0.1) is 0 Å². The number of hydrogen-bond donors (Lipinski definition) is 0. The van der Waals surface area contributed by atoms with Gasteiger partial charge in [-0.1, -0.05) is 53.5 Å². The van der Waals surface area contributed by atoms with Gasteiger partial charge >= 0.3 is 0 Å². The van der Waals surface area contributed by atoms with Gasteiger partial charge in [-0.25, -0.2) is 0 Å². The van der Waals surface area contributed by atoms with Crippen molar-refractivity contribution in [3.05, 3.63) is 70.2 Å². The molecule has 1 nitrogen and oxygen atoms in total. The number of halogens is 2. The fourth-order valence-electron chi connectivity index (χ4n) is 2.30. The standard InChI is InChI=1S/C17H10Cl2O/c18-14-5-6-15(17(19)9-14)16-8-12-4-2-1-3-11(12)7-13(16)10-20/h1-10H. The molecular formula is C17H10Cl2O. The second kappa shape index (κ2) is 5.28. The van der Waals surface area contributed by atoms with E-state index in [0.717, 1.165) is 28.2 Å². The molecule has 0 amide bonds. The maximum atomic E-state index is 11.4. The smallest absolute Gasteiger partial charge is 0.150 e. The van der Waals surface area contributed by atoms with Gasteiger partial charge in [0.1, 0.15) is 0 Å². The Morgan fingerprint density at radius 3 is 2.15 bits per heavy atom. The van der Waals surface area contributed by atoms with Gasteiger partial charge in [0, 0.05) is 21.2 Å². The van der Waals surface area contributed by atoms with Gasteiger partial charge in [0.25, 0.3) is 0 Å². The Hall–Kier alpha value is -1.83. The zero-order valence-electron chi connectivity index (χ0n) is 10.4. The minimum atomic E-state index is 0.538. The lowest BCUT2D eigenvalue weighted by atomic mass is 9.96. The Balaban J connectivity index is 2.31. The van der Waals surface area contributed by atoms with E-state index in [1.54, 1.807) is 12.1 Å². The maximum absolute atomic E-state index is 11.4. The predicted octanol–water partition coefficient (Wildman–Crippen LogP) is 5.63. The first-order valence-corrected chi connectivity index (χ1v) is 6.88. The van der Waals surface area contributed by atoms with Gasteiger partial charge in [-0.15, -0.1) is 0 Å². The molecule has 3 rings (SSSR count). The minimum absolute atomic E-state index is 0.538. The molecule has 0 heterocycles. The predicted molar refractivity (Wildman–Crippen MR) is 84.8 cm³/mol. The number of carbonyl (C=O) groups excluding carboxylic acids is 1. The molecule has 0 unspecified atom stereocenters. The minimum Gasteiger partial charge on any atom is -0.298 e. The fraction of sp³-hybridized carbons (Fsp3) is 0. The normalized spacial score (nSPS) is 10.7. The highest BCUT2D eigenvalue weighted by molar-refractivity contribution is 6.36. The summed E-state index contributed by atoms with van der Waals surface area (Å²) in [5, 5.41) is 3.21. The van der Waals surface area contributed by atoms with Crippen LogP contribution in [-0.4, -0.2) is 6.29 Å². The summed E-state index contributed by atoms with van der Waals surface area (Å²) < 4.78 is 0. The summed E-state index contributed by atoms with van der Waals surface area (Å²) in [4.78, 5) is 11.4. The molecule has 3 aromatic carbocycles. The van der Waals surface area contributed by atoms with Crippen molar-refractivity contribution >= 4 is 40.3 Å². The van der Waals surface area contributed by atoms with Gasteiger partial charge in [0.05, 0.1) is 0 Å². The molecule has 0 fully saturated rings. The summed E-state index contributed by atoms with van der Waals surface area (Å²) in [6, 6.07) is 17.1. The molecule has 0 atom stereocenters. The van der Waals surface area contributed by atoms with E-state index in [9.17, 15) is 4.79 Å². The zero-order chi connectivity index (χ0) is 14.1. The number of fused-ring (bicyclic) bond motifs is 1. The van der Waals surface area contributed by atoms with Crippen molar-refractivity contribution in [2.75, 3.05) is 0 Å². The van der Waals surface area contributed by atoms with E-state index in [2.05, 4.69) is 0 Å². The van der Waals surface area contributed by atoms with Crippen LogP contribution in [0.25, 0.3) is 21.9 Å². The van der Waals surface area contributed by atoms with Crippen LogP contribution >= 0.6 is 23.2 Å². The Labute approximate surface area is 126 Å². The van der Waals surface area contributed by atoms with E-state index in [0.29, 0.717) is 15.6 Å². The van der Waals surface area contributed by atoms with Crippen LogP contribution in [0.3, 0.4) is 0 Å². The Morgan fingerprint density at radius 2 is 1.50 bits per heavy atom. The third-order valence-electron chi connectivity index (χ3n) is 3.27. The average molecular weight is 301 g/mol. The van der Waals surface area contributed by atoms with E-state index in [1.165, 1.54) is 0 Å². The molecule has 0 saturated carbocycles. The highest BCUT2D eigenvalue weighted by atomic mass is 35.5. The van der Waals surface area contributed by atoms with Crippen molar-refractivity contribution in [1.82, 2.24) is 0 Å². The van der Waals surface area contributed by atoms with Crippen molar-refractivity contribution in [2.24, 2.45) is 0 Å². The summed E-state index contributed by atoms with van der Waals surface area (Å²) >= 11 is 12.2. The number of benzene rings is 3. The third-order valence-corrected chi connectivity index (χ3v) is 3.81. The molecule has 0 N–H and O–H groups in total. The van der Waals surface area contributed by atoms with Crippen molar-refractivity contribution in [2.45, 2.75) is 0 Å². The molecule has 0 aliphatic carbocycles. The third kappa shape index (κ3) is 2.31. The first-order chi connectivity index (χ1) is 9.69. The molecule has 3 heteroatoms. The van der Waals surface area contributed by atoms with Gasteiger partial charge < -0.3 is 0 Å². The molecule has 0 aromatic heterocycles. The first kappa shape index (κ1) is 13.2. The second-order valence-electron chi connectivity index (χ2n) is 4.53. The van der Waals surface area contributed by atoms with E-state index in [1.807, 2.05) is 42.5 Å². The van der Waals surface area contributed by atoms with Gasteiger partial charge in [-0.05, 0) is 40.6 Å². The van der Waals surface area contributed by atoms with Crippen molar-refractivity contribution in [3.63, 3.8) is 0 Å². The summed E-state index contributed by atoms with van der Waals surface area (Å²) in [6.45, 7) is 0. The van der Waals surface area contributed by atoms with Crippen molar-refractivity contribution in [1.29, 1.82) is 0 Å². The van der Waals surface area contributed by atoms with Crippen LogP contribution in [0.5, 0.6) is 0 Å². The SMILES string of the molecule is O=Cc1cc2ccccc2cc1-c1ccc(Cl)cc1Cl. The molecule has 0 radical (unpaired) electrons. The van der Waals surface area contributed by atoms with Crippen LogP contribution in [0.1, 0.15) is 10.4 Å². The number of rotatable bonds is 2. The maximum Gasteiger partial charge on any atom is 0.150 e. The van der Waals surface area contributed by atoms with Gasteiger partial charge in [-0.2, -0.15) is 0 Å². The quantitative estimate of drug-likeness (QED) is 0.561. The number of hydrogen-bond acceptors (Lipinski definition) is 1. The highest BCUT2D eigenvalue weighted by Gasteiger charge is 2.10. The highest BCUT2D eigenvalue weighted by Crippen LogP contribution is 2.34. The van der Waals surface area contributed by atoms with Gasteiger partial charge in [0.2, 0.25) is 0 Å². The van der Waals surface area contributed by atoms with Crippen LogP contribution < -0.4 is 0 Å². The Kier molecular flexibility index (Phi) is 3.47. The van der Waals surface area contributed by atoms with Gasteiger partial charge in [-0.3, -0.25) is 4.79 Å². The van der Waals surface area contributed by atoms with E-state index >= 15 is 0 Å². The largest absolute Gasteiger partial charge is 0.298 e. The van der Waals surface area contributed by atoms with Crippen molar-refractivity contribution < 1.29 is 4.79 Å². The van der Waals surface area contributed by atoms with E-state index in [-0.39, 0.29) is 0 Å². The van der Waals surface area contributed by atoms with Crippen LogP contribution in [0.15, 0.2) is 54.6 Å². The Bertz CT molecular complexity index is 809. The summed E-state index contributed by atoms with van der Waals surface area (Å²) in [5.74, 6) is 0. The lowest BCUT2D eigenvalue weighted by molar-refractivity contribution is 0.112. The molecule has 3 aromatic rings. The molecule has 20 heavy (non-hydrogen) atoms. The topological polar surface area (TPSA) is 17.1 Å². The summed E-state index contributed by atoms with van der Waals surface area (Å²) in [6.07, 6.45) is 0.854. The molecule has 0 aliphatic heterocycles. The van der Waals surface area contributed by atoms with Crippen LogP contribution in [0.4, 0.5) is 0 Å². The van der Waals surface area contributed by atoms with Crippen LogP contribution in [-0.2, 0) is 0 Å². The first-order valence-electron chi connectivity index (χ1n) is 6.12. The summed E-state index contributed by atoms with van der Waals surface area (Å²) in [5.41, 5.74) is 2.25. The lowest BCUT2D eigenvalue weighted by Gasteiger charge is -2.10. The second-order valence-corrected chi connectivity index (χ2v) is 5.37. The van der Waals surface area contributed by atoms with Crippen molar-refractivity contribution in [3.8, 4) is 11.1 Å². The Morgan fingerprint density at radius 1 is 0.800 bits per heavy atom. The van der Waals surface area contributed by atoms with E-state index in [4.69, 9.17) is 23.2 Å². The number of carbonyl (C=O) groups is 1. The summed E-state index contributed by atoms with van der Waals surface area (Å²) in [7, 11) is 0. The van der Waals surface area contributed by atoms with E-state index < -0.39 is 0 Å². The molecule has 0 spiro atoms. The average Bonchev–Trinajstić information content (AvgIpc) is 2.46. The monoisotopic (exact) mass is 300 g/mol. The zero-order valence-corrected chi connectivity index (χ0v) is 11.9. The lowest BCUT2D eigenvalue weighted by Crippen LogP contribution is -1.89. The number of aldehydes is 1. The fourth-order valence-corrected chi connectivity index (χ4v) is 2.81.